The number of aliphatic hydroxyl groups excluding tert-OH is 1. The molecule has 5 heteroatoms. The molecular weight excluding hydrogens is 354 g/mol. The molecule has 0 spiro atoms. The van der Waals surface area contributed by atoms with Crippen LogP contribution in [0.15, 0.2) is 40.9 Å². The first-order valence-corrected chi connectivity index (χ1v) is 7.09. The van der Waals surface area contributed by atoms with Gasteiger partial charge in [0.1, 0.15) is 5.82 Å². The van der Waals surface area contributed by atoms with Crippen LogP contribution in [0.5, 0.6) is 0 Å². The third-order valence-electron chi connectivity index (χ3n) is 2.76. The smallest absolute Gasteiger partial charge is 0.137 e. The molecule has 0 heterocycles. The molecule has 0 aliphatic carbocycles. The normalized spacial score (nSPS) is 12.5. The molecule has 0 amide bonds. The summed E-state index contributed by atoms with van der Waals surface area (Å²) in [5, 5.41) is 11.1. The molecule has 1 nitrogen and oxygen atoms in total. The van der Waals surface area contributed by atoms with Crippen LogP contribution in [-0.4, -0.2) is 5.11 Å². The van der Waals surface area contributed by atoms with Gasteiger partial charge in [-0.15, -0.1) is 0 Å². The third kappa shape index (κ3) is 3.69. The fraction of sp³-hybridized carbons (Fsp3) is 0.143. The lowest BCUT2D eigenvalue weighted by atomic mass is 10.0. The summed E-state index contributed by atoms with van der Waals surface area (Å²) in [7, 11) is 0. The molecule has 100 valence electrons. The number of aliphatic hydroxyl groups is 1. The second-order valence-corrected chi connectivity index (χ2v) is 5.83. The van der Waals surface area contributed by atoms with E-state index in [-0.39, 0.29) is 0 Å². The molecule has 0 aliphatic rings. The van der Waals surface area contributed by atoms with Crippen molar-refractivity contribution in [1.29, 1.82) is 0 Å². The first kappa shape index (κ1) is 14.8. The van der Waals surface area contributed by atoms with Gasteiger partial charge in [-0.3, -0.25) is 0 Å². The molecule has 1 atom stereocenters. The Labute approximate surface area is 129 Å². The highest BCUT2D eigenvalue weighted by Gasteiger charge is 2.13. The summed E-state index contributed by atoms with van der Waals surface area (Å²) in [4.78, 5) is 0. The molecule has 1 unspecified atom stereocenters. The SMILES string of the molecule is OC(Cc1ccc(Cl)cc1Cl)c1ccc(Br)c(F)c1. The van der Waals surface area contributed by atoms with Crippen molar-refractivity contribution in [3.05, 3.63) is 67.9 Å². The second-order valence-electron chi connectivity index (χ2n) is 4.13. The Bertz CT molecular complexity index is 604. The van der Waals surface area contributed by atoms with Gasteiger partial charge in [0.15, 0.2) is 0 Å². The zero-order valence-electron chi connectivity index (χ0n) is 9.71. The van der Waals surface area contributed by atoms with Gasteiger partial charge in [0, 0.05) is 16.5 Å². The van der Waals surface area contributed by atoms with Crippen molar-refractivity contribution in [1.82, 2.24) is 0 Å². The first-order chi connectivity index (χ1) is 8.97. The molecule has 2 aromatic rings. The molecule has 19 heavy (non-hydrogen) atoms. The van der Waals surface area contributed by atoms with Crippen molar-refractivity contribution in [2.24, 2.45) is 0 Å². The Morgan fingerprint density at radius 1 is 1.16 bits per heavy atom. The quantitative estimate of drug-likeness (QED) is 0.797. The van der Waals surface area contributed by atoms with Crippen LogP contribution in [0.25, 0.3) is 0 Å². The number of benzene rings is 2. The number of hydrogen-bond donors (Lipinski definition) is 1. The van der Waals surface area contributed by atoms with E-state index in [0.29, 0.717) is 26.5 Å². The van der Waals surface area contributed by atoms with Crippen LogP contribution in [-0.2, 0) is 6.42 Å². The summed E-state index contributed by atoms with van der Waals surface area (Å²) in [6, 6.07) is 9.62. The summed E-state index contributed by atoms with van der Waals surface area (Å²) in [5.74, 6) is -0.404. The van der Waals surface area contributed by atoms with Crippen LogP contribution >= 0.6 is 39.1 Å². The highest BCUT2D eigenvalue weighted by molar-refractivity contribution is 9.10. The third-order valence-corrected chi connectivity index (χ3v) is 3.99. The lowest BCUT2D eigenvalue weighted by molar-refractivity contribution is 0.178. The Morgan fingerprint density at radius 3 is 2.53 bits per heavy atom. The Balaban J connectivity index is 2.20. The minimum Gasteiger partial charge on any atom is -0.388 e. The van der Waals surface area contributed by atoms with Gasteiger partial charge in [-0.25, -0.2) is 4.39 Å². The fourth-order valence-corrected chi connectivity index (χ4v) is 2.47. The molecule has 0 saturated heterocycles. The first-order valence-electron chi connectivity index (χ1n) is 5.54. The standard InChI is InChI=1S/C14H10BrCl2FO/c15-11-4-2-9(5-13(11)18)14(19)6-8-1-3-10(16)7-12(8)17/h1-5,7,14,19H,6H2. The van der Waals surface area contributed by atoms with Crippen LogP contribution in [0.4, 0.5) is 4.39 Å². The van der Waals surface area contributed by atoms with E-state index in [4.69, 9.17) is 23.2 Å². The summed E-state index contributed by atoms with van der Waals surface area (Å²) in [6.07, 6.45) is -0.516. The molecule has 0 aliphatic heterocycles. The van der Waals surface area contributed by atoms with E-state index in [0.717, 1.165) is 5.56 Å². The average molecular weight is 364 g/mol. The van der Waals surface area contributed by atoms with Crippen molar-refractivity contribution in [2.45, 2.75) is 12.5 Å². The maximum absolute atomic E-state index is 13.4. The largest absolute Gasteiger partial charge is 0.388 e. The van der Waals surface area contributed by atoms with E-state index < -0.39 is 11.9 Å². The predicted octanol–water partition coefficient (Wildman–Crippen LogP) is 5.17. The number of hydrogen-bond acceptors (Lipinski definition) is 1. The van der Waals surface area contributed by atoms with Crippen molar-refractivity contribution in [3.8, 4) is 0 Å². The van der Waals surface area contributed by atoms with Gasteiger partial charge in [0.2, 0.25) is 0 Å². The maximum Gasteiger partial charge on any atom is 0.137 e. The summed E-state index contributed by atoms with van der Waals surface area (Å²) in [6.45, 7) is 0. The molecule has 2 rings (SSSR count). The molecular formula is C14H10BrCl2FO. The van der Waals surface area contributed by atoms with E-state index in [1.807, 2.05) is 0 Å². The summed E-state index contributed by atoms with van der Waals surface area (Å²) in [5.41, 5.74) is 1.27. The molecule has 0 bridgehead atoms. The Kier molecular flexibility index (Phi) is 4.85. The molecule has 0 saturated carbocycles. The molecule has 0 aromatic heterocycles. The monoisotopic (exact) mass is 362 g/mol. The van der Waals surface area contributed by atoms with E-state index in [1.165, 1.54) is 6.07 Å². The van der Waals surface area contributed by atoms with Crippen molar-refractivity contribution < 1.29 is 9.50 Å². The fourth-order valence-electron chi connectivity index (χ4n) is 1.73. The van der Waals surface area contributed by atoms with Gasteiger partial charge < -0.3 is 5.11 Å². The average Bonchev–Trinajstić information content (AvgIpc) is 2.36. The van der Waals surface area contributed by atoms with E-state index in [1.54, 1.807) is 30.3 Å². The van der Waals surface area contributed by atoms with Gasteiger partial charge in [0.25, 0.3) is 0 Å². The zero-order chi connectivity index (χ0) is 14.0. The van der Waals surface area contributed by atoms with Gasteiger partial charge >= 0.3 is 0 Å². The van der Waals surface area contributed by atoms with Crippen LogP contribution in [0.3, 0.4) is 0 Å². The summed E-state index contributed by atoms with van der Waals surface area (Å²) >= 11 is 14.9. The van der Waals surface area contributed by atoms with Crippen LogP contribution in [0.2, 0.25) is 10.0 Å². The molecule has 0 fully saturated rings. The van der Waals surface area contributed by atoms with Gasteiger partial charge in [-0.2, -0.15) is 0 Å². The highest BCUT2D eigenvalue weighted by Crippen LogP contribution is 2.27. The Morgan fingerprint density at radius 2 is 1.89 bits per heavy atom. The van der Waals surface area contributed by atoms with Crippen LogP contribution in [0.1, 0.15) is 17.2 Å². The predicted molar refractivity (Wildman–Crippen MR) is 79.2 cm³/mol. The minimum absolute atomic E-state index is 0.303. The lowest BCUT2D eigenvalue weighted by Crippen LogP contribution is -2.03. The van der Waals surface area contributed by atoms with Crippen LogP contribution < -0.4 is 0 Å². The Hall–Kier alpha value is -0.610. The lowest BCUT2D eigenvalue weighted by Gasteiger charge is -2.13. The second kappa shape index (κ2) is 6.23. The van der Waals surface area contributed by atoms with Gasteiger partial charge in [-0.1, -0.05) is 35.3 Å². The molecule has 1 N–H and O–H groups in total. The zero-order valence-corrected chi connectivity index (χ0v) is 12.8. The minimum atomic E-state index is -0.818. The van der Waals surface area contributed by atoms with Crippen molar-refractivity contribution >= 4 is 39.1 Å². The van der Waals surface area contributed by atoms with Gasteiger partial charge in [0.05, 0.1) is 10.6 Å². The van der Waals surface area contributed by atoms with E-state index in [9.17, 15) is 9.50 Å². The molecule has 2 aromatic carbocycles. The molecule has 0 radical (unpaired) electrons. The summed E-state index contributed by atoms with van der Waals surface area (Å²) < 4.78 is 13.8. The number of halogens is 4. The topological polar surface area (TPSA) is 20.2 Å². The van der Waals surface area contributed by atoms with Crippen molar-refractivity contribution in [3.63, 3.8) is 0 Å². The highest BCUT2D eigenvalue weighted by atomic mass is 79.9. The number of rotatable bonds is 3. The van der Waals surface area contributed by atoms with E-state index in [2.05, 4.69) is 15.9 Å². The maximum atomic E-state index is 13.4. The van der Waals surface area contributed by atoms with E-state index >= 15 is 0 Å². The van der Waals surface area contributed by atoms with Crippen molar-refractivity contribution in [2.75, 3.05) is 0 Å². The van der Waals surface area contributed by atoms with Gasteiger partial charge in [-0.05, 0) is 51.3 Å². The van der Waals surface area contributed by atoms with Crippen LogP contribution in [0, 0.1) is 5.82 Å².